The first-order valence-corrected chi connectivity index (χ1v) is 7.42. The number of H-pyrrole nitrogens is 1. The number of nitrogens with one attached hydrogen (secondary N) is 1. The second-order valence-electron chi connectivity index (χ2n) is 5.42. The minimum absolute atomic E-state index is 0.101. The number of nitrogens with zero attached hydrogens (tertiary/aromatic N) is 1. The minimum Gasteiger partial charge on any atom is -0.490 e. The van der Waals surface area contributed by atoms with Crippen molar-refractivity contribution in [2.75, 3.05) is 6.61 Å². The predicted octanol–water partition coefficient (Wildman–Crippen LogP) is 3.77. The Hall–Kier alpha value is -2.17. The predicted molar refractivity (Wildman–Crippen MR) is 82.9 cm³/mol. The molecule has 0 bridgehead atoms. The highest BCUT2D eigenvalue weighted by Gasteiger charge is 2.08. The van der Waals surface area contributed by atoms with E-state index in [1.807, 2.05) is 13.8 Å². The van der Waals surface area contributed by atoms with E-state index >= 15 is 0 Å². The number of hydrogen-bond acceptors (Lipinski definition) is 3. The van der Waals surface area contributed by atoms with Crippen molar-refractivity contribution in [3.8, 4) is 5.75 Å². The molecular formula is C17H21FN2O2. The van der Waals surface area contributed by atoms with Crippen molar-refractivity contribution < 1.29 is 13.9 Å². The van der Waals surface area contributed by atoms with E-state index in [1.165, 1.54) is 30.7 Å². The lowest BCUT2D eigenvalue weighted by Gasteiger charge is -2.08. The molecule has 2 aromatic rings. The molecule has 0 saturated heterocycles. The van der Waals surface area contributed by atoms with Gasteiger partial charge in [0, 0.05) is 11.3 Å². The quantitative estimate of drug-likeness (QED) is 0.626. The topological polar surface area (TPSA) is 55.0 Å². The van der Waals surface area contributed by atoms with Crippen molar-refractivity contribution in [3.63, 3.8) is 0 Å². The maximum absolute atomic E-state index is 13.6. The third kappa shape index (κ3) is 3.93. The van der Waals surface area contributed by atoms with Crippen LogP contribution in [0.15, 0.2) is 18.2 Å². The average molecular weight is 304 g/mol. The summed E-state index contributed by atoms with van der Waals surface area (Å²) in [5.41, 5.74) is 3.82. The summed E-state index contributed by atoms with van der Waals surface area (Å²) in [6.45, 7) is 5.87. The lowest BCUT2D eigenvalue weighted by atomic mass is 10.1. The van der Waals surface area contributed by atoms with Crippen LogP contribution in [0.1, 0.15) is 47.1 Å². The average Bonchev–Trinajstić information content (AvgIpc) is 2.80. The number of Topliss-reactive ketones (excluding diaryl/α,β-unsaturated/α-hetero) is 1. The van der Waals surface area contributed by atoms with Crippen molar-refractivity contribution in [2.45, 2.75) is 40.0 Å². The van der Waals surface area contributed by atoms with Gasteiger partial charge in [-0.25, -0.2) is 4.39 Å². The van der Waals surface area contributed by atoms with Crippen LogP contribution >= 0.6 is 0 Å². The monoisotopic (exact) mass is 304 g/mol. The van der Waals surface area contributed by atoms with Gasteiger partial charge in [0.15, 0.2) is 17.3 Å². The molecule has 0 unspecified atom stereocenters. The number of unbranched alkanes of at least 4 members (excludes halogenated alkanes) is 1. The fourth-order valence-corrected chi connectivity index (χ4v) is 2.36. The number of aryl methyl sites for hydroxylation is 2. The van der Waals surface area contributed by atoms with Crippen LogP contribution in [0.4, 0.5) is 4.39 Å². The molecule has 1 N–H and O–H groups in total. The summed E-state index contributed by atoms with van der Waals surface area (Å²) in [5.74, 6) is -0.398. The Morgan fingerprint density at radius 1 is 1.32 bits per heavy atom. The van der Waals surface area contributed by atoms with Crippen LogP contribution in [-0.2, 0) is 6.42 Å². The molecule has 0 fully saturated rings. The molecule has 118 valence electrons. The Labute approximate surface area is 129 Å². The van der Waals surface area contributed by atoms with Gasteiger partial charge < -0.3 is 4.74 Å². The molecule has 1 heterocycles. The molecule has 0 amide bonds. The van der Waals surface area contributed by atoms with Gasteiger partial charge in [0.25, 0.3) is 0 Å². The number of benzene rings is 1. The molecule has 2 rings (SSSR count). The lowest BCUT2D eigenvalue weighted by Crippen LogP contribution is -2.02. The molecule has 0 aliphatic rings. The summed E-state index contributed by atoms with van der Waals surface area (Å²) in [7, 11) is 0. The number of rotatable bonds is 7. The Bertz CT molecular complexity index is 645. The van der Waals surface area contributed by atoms with Crippen molar-refractivity contribution in [2.24, 2.45) is 0 Å². The summed E-state index contributed by atoms with van der Waals surface area (Å²) >= 11 is 0. The third-order valence-corrected chi connectivity index (χ3v) is 3.70. The molecule has 4 nitrogen and oxygen atoms in total. The second-order valence-corrected chi connectivity index (χ2v) is 5.42. The molecule has 5 heteroatoms. The van der Waals surface area contributed by atoms with Gasteiger partial charge >= 0.3 is 0 Å². The molecule has 0 aliphatic carbocycles. The van der Waals surface area contributed by atoms with Gasteiger partial charge in [-0.05, 0) is 63.8 Å². The number of carbonyl (C=O) groups is 1. The van der Waals surface area contributed by atoms with E-state index in [4.69, 9.17) is 4.74 Å². The van der Waals surface area contributed by atoms with E-state index in [2.05, 4.69) is 10.2 Å². The fourth-order valence-electron chi connectivity index (χ4n) is 2.36. The first-order chi connectivity index (χ1) is 10.5. The van der Waals surface area contributed by atoms with Crippen LogP contribution in [0, 0.1) is 19.7 Å². The Morgan fingerprint density at radius 2 is 2.09 bits per heavy atom. The smallest absolute Gasteiger partial charge is 0.165 e. The number of carbonyl (C=O) groups excluding carboxylic acids is 1. The van der Waals surface area contributed by atoms with E-state index in [1.54, 1.807) is 0 Å². The van der Waals surface area contributed by atoms with Crippen LogP contribution in [0.3, 0.4) is 0 Å². The number of aromatic nitrogens is 2. The maximum atomic E-state index is 13.6. The van der Waals surface area contributed by atoms with Gasteiger partial charge in [-0.2, -0.15) is 5.10 Å². The largest absolute Gasteiger partial charge is 0.490 e. The molecule has 1 aromatic heterocycles. The van der Waals surface area contributed by atoms with Crippen LogP contribution in [0.2, 0.25) is 0 Å². The Morgan fingerprint density at radius 3 is 2.73 bits per heavy atom. The van der Waals surface area contributed by atoms with Crippen molar-refractivity contribution in [3.05, 3.63) is 46.5 Å². The molecule has 0 radical (unpaired) electrons. The van der Waals surface area contributed by atoms with Crippen molar-refractivity contribution in [1.29, 1.82) is 0 Å². The maximum Gasteiger partial charge on any atom is 0.165 e. The van der Waals surface area contributed by atoms with E-state index in [-0.39, 0.29) is 11.5 Å². The summed E-state index contributed by atoms with van der Waals surface area (Å²) in [4.78, 5) is 11.3. The zero-order chi connectivity index (χ0) is 16.1. The molecule has 1 aromatic carbocycles. The normalized spacial score (nSPS) is 10.7. The van der Waals surface area contributed by atoms with Crippen LogP contribution < -0.4 is 4.74 Å². The second kappa shape index (κ2) is 7.20. The molecule has 0 atom stereocenters. The zero-order valence-electron chi connectivity index (χ0n) is 13.2. The highest BCUT2D eigenvalue weighted by atomic mass is 19.1. The number of ether oxygens (including phenoxy) is 1. The zero-order valence-corrected chi connectivity index (χ0v) is 13.2. The molecule has 22 heavy (non-hydrogen) atoms. The van der Waals surface area contributed by atoms with Gasteiger partial charge in [-0.3, -0.25) is 9.89 Å². The lowest BCUT2D eigenvalue weighted by molar-refractivity contribution is 0.101. The summed E-state index contributed by atoms with van der Waals surface area (Å²) in [6, 6.07) is 4.20. The Kier molecular flexibility index (Phi) is 5.31. The van der Waals surface area contributed by atoms with Crippen molar-refractivity contribution in [1.82, 2.24) is 10.2 Å². The van der Waals surface area contributed by atoms with Gasteiger partial charge in [-0.1, -0.05) is 0 Å². The molecule has 0 saturated carbocycles. The Balaban J connectivity index is 1.82. The highest BCUT2D eigenvalue weighted by Crippen LogP contribution is 2.20. The van der Waals surface area contributed by atoms with E-state index in [9.17, 15) is 9.18 Å². The first-order valence-electron chi connectivity index (χ1n) is 7.42. The first kappa shape index (κ1) is 16.2. The number of hydrogen-bond donors (Lipinski definition) is 1. The van der Waals surface area contributed by atoms with Gasteiger partial charge in [0.1, 0.15) is 0 Å². The van der Waals surface area contributed by atoms with Crippen molar-refractivity contribution >= 4 is 5.78 Å². The summed E-state index contributed by atoms with van der Waals surface area (Å²) in [5, 5.41) is 7.13. The molecule has 0 spiro atoms. The van der Waals surface area contributed by atoms with Gasteiger partial charge in [-0.15, -0.1) is 0 Å². The van der Waals surface area contributed by atoms with E-state index < -0.39 is 5.82 Å². The number of halogens is 1. The minimum atomic E-state index is -0.438. The van der Waals surface area contributed by atoms with Crippen LogP contribution in [0.5, 0.6) is 5.75 Å². The standard InChI is InChI=1S/C17H21FN2O2/c1-11-15(12(2)20-19-11)6-4-5-9-22-17-10-14(13(3)21)7-8-16(17)18/h7-8,10H,4-6,9H2,1-3H3,(H,19,20). The van der Waals surface area contributed by atoms with E-state index in [0.29, 0.717) is 12.2 Å². The SMILES string of the molecule is CC(=O)c1ccc(F)c(OCCCCc2c(C)n[nH]c2C)c1. The van der Waals surface area contributed by atoms with Gasteiger partial charge in [0.05, 0.1) is 12.3 Å². The number of aromatic amines is 1. The fraction of sp³-hybridized carbons (Fsp3) is 0.412. The van der Waals surface area contributed by atoms with E-state index in [0.717, 1.165) is 30.7 Å². The third-order valence-electron chi connectivity index (χ3n) is 3.70. The number of ketones is 1. The van der Waals surface area contributed by atoms with Crippen LogP contribution in [-0.4, -0.2) is 22.6 Å². The van der Waals surface area contributed by atoms with Crippen LogP contribution in [0.25, 0.3) is 0 Å². The summed E-state index contributed by atoms with van der Waals surface area (Å²) < 4.78 is 19.1. The highest BCUT2D eigenvalue weighted by molar-refractivity contribution is 5.94. The summed E-state index contributed by atoms with van der Waals surface area (Å²) in [6.07, 6.45) is 2.68. The van der Waals surface area contributed by atoms with Gasteiger partial charge in [0.2, 0.25) is 0 Å². The molecule has 0 aliphatic heterocycles. The molecular weight excluding hydrogens is 283 g/mol.